The van der Waals surface area contributed by atoms with Gasteiger partial charge >= 0.3 is 0 Å². The fraction of sp³-hybridized carbons (Fsp3) is 0.286. The van der Waals surface area contributed by atoms with Gasteiger partial charge in [0.1, 0.15) is 5.69 Å². The van der Waals surface area contributed by atoms with E-state index >= 15 is 0 Å². The molecule has 0 fully saturated rings. The van der Waals surface area contributed by atoms with Crippen LogP contribution in [0.4, 0.5) is 0 Å². The van der Waals surface area contributed by atoms with Gasteiger partial charge in [-0.15, -0.1) is 11.3 Å². The molecule has 2 aromatic rings. The van der Waals surface area contributed by atoms with Gasteiger partial charge in [0.15, 0.2) is 0 Å². The predicted octanol–water partition coefficient (Wildman–Crippen LogP) is 2.79. The molecule has 0 spiro atoms. The molecule has 1 atom stereocenters. The number of carbonyl (C=O) groups excluding carboxylic acids is 1. The summed E-state index contributed by atoms with van der Waals surface area (Å²) < 4.78 is 0. The van der Waals surface area contributed by atoms with Gasteiger partial charge in [0.05, 0.1) is 11.0 Å². The van der Waals surface area contributed by atoms with E-state index in [-0.39, 0.29) is 11.9 Å². The van der Waals surface area contributed by atoms with Crippen LogP contribution in [0, 0.1) is 0 Å². The van der Waals surface area contributed by atoms with Gasteiger partial charge in [0.2, 0.25) is 0 Å². The Morgan fingerprint density at radius 3 is 3.05 bits per heavy atom. The average Bonchev–Trinajstić information content (AvgIpc) is 2.88. The highest BCUT2D eigenvalue weighted by Crippen LogP contribution is 2.18. The number of rotatable bonds is 5. The SMILES string of the molecule is C[C@@H](NC(=O)c1csc(CCN)n1)c1cccc(Cl)c1. The molecule has 106 valence electrons. The van der Waals surface area contributed by atoms with Crippen LogP contribution in [0.2, 0.25) is 5.02 Å². The Hall–Kier alpha value is -1.43. The number of hydrogen-bond acceptors (Lipinski definition) is 4. The van der Waals surface area contributed by atoms with Crippen molar-refractivity contribution in [1.29, 1.82) is 0 Å². The van der Waals surface area contributed by atoms with E-state index in [0.717, 1.165) is 10.6 Å². The summed E-state index contributed by atoms with van der Waals surface area (Å²) in [6.45, 7) is 2.45. The van der Waals surface area contributed by atoms with E-state index in [2.05, 4.69) is 10.3 Å². The van der Waals surface area contributed by atoms with Gasteiger partial charge in [-0.25, -0.2) is 4.98 Å². The lowest BCUT2D eigenvalue weighted by Gasteiger charge is -2.13. The number of nitrogens with two attached hydrogens (primary N) is 1. The van der Waals surface area contributed by atoms with Crippen molar-refractivity contribution in [2.75, 3.05) is 6.54 Å². The number of thiazole rings is 1. The summed E-state index contributed by atoms with van der Waals surface area (Å²) >= 11 is 7.40. The number of nitrogens with one attached hydrogen (secondary N) is 1. The number of halogens is 1. The Morgan fingerprint density at radius 1 is 1.55 bits per heavy atom. The highest BCUT2D eigenvalue weighted by Gasteiger charge is 2.14. The van der Waals surface area contributed by atoms with Gasteiger partial charge in [-0.05, 0) is 31.2 Å². The lowest BCUT2D eigenvalue weighted by molar-refractivity contribution is 0.0935. The molecule has 0 aliphatic carbocycles. The van der Waals surface area contributed by atoms with Crippen molar-refractivity contribution in [1.82, 2.24) is 10.3 Å². The first-order valence-electron chi connectivity index (χ1n) is 6.31. The van der Waals surface area contributed by atoms with Gasteiger partial charge in [-0.2, -0.15) is 0 Å². The monoisotopic (exact) mass is 309 g/mol. The molecule has 20 heavy (non-hydrogen) atoms. The zero-order valence-electron chi connectivity index (χ0n) is 11.1. The topological polar surface area (TPSA) is 68.0 Å². The standard InChI is InChI=1S/C14H16ClN3OS/c1-9(10-3-2-4-11(15)7-10)17-14(19)12-8-20-13(18-12)5-6-16/h2-4,7-9H,5-6,16H2,1H3,(H,17,19)/t9-/m1/s1. The van der Waals surface area contributed by atoms with E-state index in [1.807, 2.05) is 25.1 Å². The van der Waals surface area contributed by atoms with Crippen LogP contribution in [0.3, 0.4) is 0 Å². The van der Waals surface area contributed by atoms with Crippen LogP contribution in [0.25, 0.3) is 0 Å². The molecule has 1 aromatic heterocycles. The summed E-state index contributed by atoms with van der Waals surface area (Å²) in [4.78, 5) is 16.4. The second-order valence-electron chi connectivity index (χ2n) is 4.42. The number of nitrogens with zero attached hydrogens (tertiary/aromatic N) is 1. The number of aromatic nitrogens is 1. The molecule has 0 saturated heterocycles. The summed E-state index contributed by atoms with van der Waals surface area (Å²) in [5.41, 5.74) is 6.87. The maximum absolute atomic E-state index is 12.1. The van der Waals surface area contributed by atoms with E-state index in [1.54, 1.807) is 11.4 Å². The lowest BCUT2D eigenvalue weighted by atomic mass is 10.1. The fourth-order valence-electron chi connectivity index (χ4n) is 1.78. The molecule has 3 N–H and O–H groups in total. The summed E-state index contributed by atoms with van der Waals surface area (Å²) in [7, 11) is 0. The van der Waals surface area contributed by atoms with Crippen molar-refractivity contribution in [2.45, 2.75) is 19.4 Å². The third-order valence-electron chi connectivity index (χ3n) is 2.84. The van der Waals surface area contributed by atoms with E-state index < -0.39 is 0 Å². The second kappa shape index (κ2) is 6.83. The molecule has 0 aliphatic heterocycles. The van der Waals surface area contributed by atoms with Crippen LogP contribution in [-0.2, 0) is 6.42 Å². The largest absolute Gasteiger partial charge is 0.344 e. The minimum Gasteiger partial charge on any atom is -0.344 e. The molecular weight excluding hydrogens is 294 g/mol. The maximum Gasteiger partial charge on any atom is 0.271 e. The zero-order chi connectivity index (χ0) is 14.5. The molecular formula is C14H16ClN3OS. The highest BCUT2D eigenvalue weighted by molar-refractivity contribution is 7.09. The Bertz CT molecular complexity index is 600. The van der Waals surface area contributed by atoms with E-state index in [9.17, 15) is 4.79 Å². The third kappa shape index (κ3) is 3.79. The first kappa shape index (κ1) is 15.0. The van der Waals surface area contributed by atoms with Crippen molar-refractivity contribution in [3.8, 4) is 0 Å². The van der Waals surface area contributed by atoms with Crippen molar-refractivity contribution < 1.29 is 4.79 Å². The molecule has 1 heterocycles. The molecule has 0 aliphatic rings. The number of carbonyl (C=O) groups is 1. The summed E-state index contributed by atoms with van der Waals surface area (Å²) in [5, 5.41) is 6.20. The smallest absolute Gasteiger partial charge is 0.271 e. The summed E-state index contributed by atoms with van der Waals surface area (Å²) in [5.74, 6) is -0.183. The first-order chi connectivity index (χ1) is 9.60. The van der Waals surface area contributed by atoms with E-state index in [0.29, 0.717) is 23.7 Å². The number of benzene rings is 1. The van der Waals surface area contributed by atoms with Crippen molar-refractivity contribution in [3.05, 3.63) is 50.9 Å². The molecule has 0 radical (unpaired) electrons. The van der Waals surface area contributed by atoms with E-state index in [1.165, 1.54) is 11.3 Å². The molecule has 1 amide bonds. The van der Waals surface area contributed by atoms with Crippen LogP contribution in [-0.4, -0.2) is 17.4 Å². The van der Waals surface area contributed by atoms with Crippen LogP contribution >= 0.6 is 22.9 Å². The number of hydrogen-bond donors (Lipinski definition) is 2. The van der Waals surface area contributed by atoms with Crippen LogP contribution < -0.4 is 11.1 Å². The quantitative estimate of drug-likeness (QED) is 0.892. The molecule has 0 unspecified atom stereocenters. The van der Waals surface area contributed by atoms with E-state index in [4.69, 9.17) is 17.3 Å². The minimum atomic E-state index is -0.183. The fourth-order valence-corrected chi connectivity index (χ4v) is 2.78. The Labute approximate surface area is 127 Å². The lowest BCUT2D eigenvalue weighted by Crippen LogP contribution is -2.27. The van der Waals surface area contributed by atoms with Gasteiger partial charge in [-0.1, -0.05) is 23.7 Å². The maximum atomic E-state index is 12.1. The van der Waals surface area contributed by atoms with Crippen LogP contribution in [0.5, 0.6) is 0 Å². The number of amides is 1. The Balaban J connectivity index is 2.03. The second-order valence-corrected chi connectivity index (χ2v) is 5.79. The molecule has 4 nitrogen and oxygen atoms in total. The minimum absolute atomic E-state index is 0.124. The predicted molar refractivity (Wildman–Crippen MR) is 82.2 cm³/mol. The molecule has 0 saturated carbocycles. The van der Waals surface area contributed by atoms with Crippen molar-refractivity contribution >= 4 is 28.8 Å². The third-order valence-corrected chi connectivity index (χ3v) is 3.98. The first-order valence-corrected chi connectivity index (χ1v) is 7.56. The summed E-state index contributed by atoms with van der Waals surface area (Å²) in [6.07, 6.45) is 0.696. The van der Waals surface area contributed by atoms with Crippen LogP contribution in [0.15, 0.2) is 29.6 Å². The van der Waals surface area contributed by atoms with Crippen molar-refractivity contribution in [3.63, 3.8) is 0 Å². The molecule has 1 aromatic carbocycles. The van der Waals surface area contributed by atoms with Gasteiger partial charge in [-0.3, -0.25) is 4.79 Å². The molecule has 0 bridgehead atoms. The summed E-state index contributed by atoms with van der Waals surface area (Å²) in [6, 6.07) is 7.31. The average molecular weight is 310 g/mol. The molecule has 2 rings (SSSR count). The zero-order valence-corrected chi connectivity index (χ0v) is 12.7. The van der Waals surface area contributed by atoms with Gasteiger partial charge in [0.25, 0.3) is 5.91 Å². The van der Waals surface area contributed by atoms with Crippen LogP contribution in [0.1, 0.15) is 34.0 Å². The molecule has 6 heteroatoms. The van der Waals surface area contributed by atoms with Gasteiger partial charge in [0, 0.05) is 16.8 Å². The normalized spacial score (nSPS) is 12.2. The van der Waals surface area contributed by atoms with Gasteiger partial charge < -0.3 is 11.1 Å². The van der Waals surface area contributed by atoms with Crippen molar-refractivity contribution in [2.24, 2.45) is 5.73 Å². The Kier molecular flexibility index (Phi) is 5.11. The Morgan fingerprint density at radius 2 is 2.35 bits per heavy atom. The highest BCUT2D eigenvalue weighted by atomic mass is 35.5.